The van der Waals surface area contributed by atoms with E-state index in [1.807, 2.05) is 55.4 Å². The van der Waals surface area contributed by atoms with Crippen molar-refractivity contribution in [2.45, 2.75) is 36.7 Å². The number of anilines is 2. The van der Waals surface area contributed by atoms with Crippen molar-refractivity contribution in [3.05, 3.63) is 66.0 Å². The third kappa shape index (κ3) is 7.57. The van der Waals surface area contributed by atoms with E-state index < -0.39 is 5.91 Å². The summed E-state index contributed by atoms with van der Waals surface area (Å²) in [6.07, 6.45) is 5.42. The molecule has 39 heavy (non-hydrogen) atoms. The van der Waals surface area contributed by atoms with Crippen molar-refractivity contribution in [1.82, 2.24) is 19.7 Å². The standard InChI is InChI=1S/C18H26FN3OS.C10H10N4O/c1-20(2)17-11-15(19)16(12-18(17)24-10-4-9-23)22-8-7-21-6-3-5-14(21)13-22;11-9(15)10-12-7-14(13-10)6-8-4-2-1-3-5-8/h9,11-12,14H,3-8,10,13H2,1-2H3;1-5,7H,6H2,(H2,11,15). The van der Waals surface area contributed by atoms with Crippen LogP contribution in [-0.4, -0.2) is 83.9 Å². The zero-order valence-electron chi connectivity index (χ0n) is 22.5. The predicted octanol–water partition coefficient (Wildman–Crippen LogP) is 3.28. The van der Waals surface area contributed by atoms with Crippen LogP contribution >= 0.6 is 11.8 Å². The third-order valence-corrected chi connectivity index (χ3v) is 7.95. The van der Waals surface area contributed by atoms with E-state index in [1.165, 1.54) is 25.7 Å². The van der Waals surface area contributed by atoms with Gasteiger partial charge in [-0.05, 0) is 31.0 Å². The van der Waals surface area contributed by atoms with E-state index in [9.17, 15) is 14.0 Å². The zero-order chi connectivity index (χ0) is 27.8. The van der Waals surface area contributed by atoms with Gasteiger partial charge in [0.25, 0.3) is 5.91 Å². The van der Waals surface area contributed by atoms with Crippen LogP contribution in [0.15, 0.2) is 53.7 Å². The third-order valence-electron chi connectivity index (χ3n) is 6.88. The van der Waals surface area contributed by atoms with Crippen molar-refractivity contribution in [3.63, 3.8) is 0 Å². The molecule has 0 spiro atoms. The number of benzene rings is 2. The number of hydrogen-bond donors (Lipinski definition) is 1. The van der Waals surface area contributed by atoms with Crippen molar-refractivity contribution in [2.24, 2.45) is 5.73 Å². The molecule has 2 fully saturated rings. The van der Waals surface area contributed by atoms with Crippen molar-refractivity contribution in [1.29, 1.82) is 0 Å². The molecule has 2 aromatic carbocycles. The van der Waals surface area contributed by atoms with Crippen LogP contribution in [0.4, 0.5) is 15.8 Å². The van der Waals surface area contributed by atoms with Gasteiger partial charge in [0, 0.05) is 62.9 Å². The Kier molecular flexibility index (Phi) is 9.94. The number of amides is 1. The molecule has 3 heterocycles. The average molecular weight is 554 g/mol. The molecule has 3 aromatic rings. The van der Waals surface area contributed by atoms with Gasteiger partial charge in [-0.15, -0.1) is 16.9 Å². The van der Waals surface area contributed by atoms with E-state index >= 15 is 0 Å². The van der Waals surface area contributed by atoms with Crippen molar-refractivity contribution < 1.29 is 14.0 Å². The van der Waals surface area contributed by atoms with E-state index in [0.717, 1.165) is 47.8 Å². The fraction of sp³-hybridized carbons (Fsp3) is 0.429. The zero-order valence-corrected chi connectivity index (χ0v) is 23.3. The van der Waals surface area contributed by atoms with E-state index in [4.69, 9.17) is 5.73 Å². The Morgan fingerprint density at radius 1 is 1.21 bits per heavy atom. The molecule has 1 amide bonds. The smallest absolute Gasteiger partial charge is 0.288 e. The maximum absolute atomic E-state index is 14.8. The summed E-state index contributed by atoms with van der Waals surface area (Å²) in [5.41, 5.74) is 7.73. The Hall–Kier alpha value is -3.44. The highest BCUT2D eigenvalue weighted by Gasteiger charge is 2.31. The van der Waals surface area contributed by atoms with Crippen LogP contribution in [-0.2, 0) is 11.3 Å². The molecular weight excluding hydrogens is 517 g/mol. The van der Waals surface area contributed by atoms with Gasteiger partial charge in [0.1, 0.15) is 18.4 Å². The first-order chi connectivity index (χ1) is 18.9. The van der Waals surface area contributed by atoms with E-state index in [-0.39, 0.29) is 11.6 Å². The number of aromatic nitrogens is 3. The summed E-state index contributed by atoms with van der Waals surface area (Å²) in [6.45, 7) is 4.59. The number of nitrogens with zero attached hydrogens (tertiary/aromatic N) is 6. The SMILES string of the molecule is CN(C)c1cc(F)c(N2CCN3CCCC3C2)cc1SCCC=O.NC(=O)c1ncn(Cc2ccccc2)n1. The summed E-state index contributed by atoms with van der Waals surface area (Å²) in [6, 6.07) is 14.0. The summed E-state index contributed by atoms with van der Waals surface area (Å²) in [5.74, 6) is 0.0175. The first-order valence-corrected chi connectivity index (χ1v) is 14.1. The number of hydrogen-bond acceptors (Lipinski definition) is 8. The molecule has 0 bridgehead atoms. The van der Waals surface area contributed by atoms with Crippen LogP contribution in [0.5, 0.6) is 0 Å². The highest BCUT2D eigenvalue weighted by Crippen LogP contribution is 2.37. The van der Waals surface area contributed by atoms with Crippen LogP contribution in [0.1, 0.15) is 35.4 Å². The summed E-state index contributed by atoms with van der Waals surface area (Å²) in [5, 5.41) is 3.94. The molecule has 2 saturated heterocycles. The van der Waals surface area contributed by atoms with E-state index in [2.05, 4.69) is 19.9 Å². The number of primary amides is 1. The Bertz CT molecular complexity index is 1250. The Balaban J connectivity index is 0.000000202. The summed E-state index contributed by atoms with van der Waals surface area (Å²) in [7, 11) is 3.85. The van der Waals surface area contributed by atoms with Crippen LogP contribution in [0.25, 0.3) is 0 Å². The van der Waals surface area contributed by atoms with E-state index in [1.54, 1.807) is 22.5 Å². The molecular formula is C28H36FN7O2S. The molecule has 1 unspecified atom stereocenters. The number of thioether (sulfide) groups is 1. The molecule has 5 rings (SSSR count). The van der Waals surface area contributed by atoms with Gasteiger partial charge in [-0.3, -0.25) is 9.69 Å². The maximum Gasteiger partial charge on any atom is 0.288 e. The van der Waals surface area contributed by atoms with Gasteiger partial charge in [-0.1, -0.05) is 30.3 Å². The molecule has 0 aliphatic carbocycles. The second-order valence-electron chi connectivity index (χ2n) is 9.86. The lowest BCUT2D eigenvalue weighted by atomic mass is 10.1. The molecule has 9 nitrogen and oxygen atoms in total. The fourth-order valence-corrected chi connectivity index (χ4v) is 5.94. The highest BCUT2D eigenvalue weighted by atomic mass is 32.2. The maximum atomic E-state index is 14.8. The summed E-state index contributed by atoms with van der Waals surface area (Å²) >= 11 is 1.63. The monoisotopic (exact) mass is 553 g/mol. The minimum absolute atomic E-state index is 0.0472. The molecule has 208 valence electrons. The second kappa shape index (κ2) is 13.6. The number of aldehydes is 1. The Morgan fingerprint density at radius 3 is 2.69 bits per heavy atom. The first-order valence-electron chi connectivity index (χ1n) is 13.1. The van der Waals surface area contributed by atoms with Crippen molar-refractivity contribution >= 4 is 35.3 Å². The minimum Gasteiger partial charge on any atom is -0.377 e. The lowest BCUT2D eigenvalue weighted by molar-refractivity contribution is -0.107. The second-order valence-corrected chi connectivity index (χ2v) is 11.0. The number of carbonyl (C=O) groups excluding carboxylic acids is 2. The topological polar surface area (TPSA) is 101 Å². The molecule has 2 N–H and O–H groups in total. The number of piperazine rings is 1. The number of fused-ring (bicyclic) bond motifs is 1. The lowest BCUT2D eigenvalue weighted by Gasteiger charge is -2.39. The normalized spacial score (nSPS) is 16.8. The molecule has 2 aliphatic rings. The minimum atomic E-state index is -0.609. The van der Waals surface area contributed by atoms with Gasteiger partial charge in [0.15, 0.2) is 0 Å². The van der Waals surface area contributed by atoms with Crippen molar-refractivity contribution in [2.75, 3.05) is 55.8 Å². The molecule has 2 aliphatic heterocycles. The average Bonchev–Trinajstić information content (AvgIpc) is 3.60. The van der Waals surface area contributed by atoms with Crippen LogP contribution in [0.2, 0.25) is 0 Å². The first kappa shape index (κ1) is 28.6. The lowest BCUT2D eigenvalue weighted by Crippen LogP contribution is -2.50. The van der Waals surface area contributed by atoms with Gasteiger partial charge in [0.2, 0.25) is 5.82 Å². The van der Waals surface area contributed by atoms with Gasteiger partial charge >= 0.3 is 0 Å². The Morgan fingerprint density at radius 2 is 2.00 bits per heavy atom. The number of rotatable bonds is 9. The summed E-state index contributed by atoms with van der Waals surface area (Å²) in [4.78, 5) is 32.8. The van der Waals surface area contributed by atoms with Gasteiger partial charge < -0.3 is 20.3 Å². The molecule has 11 heteroatoms. The van der Waals surface area contributed by atoms with Gasteiger partial charge in [-0.2, -0.15) is 0 Å². The van der Waals surface area contributed by atoms with Gasteiger partial charge in [-0.25, -0.2) is 14.1 Å². The van der Waals surface area contributed by atoms with Crippen LogP contribution < -0.4 is 15.5 Å². The van der Waals surface area contributed by atoms with Gasteiger partial charge in [0.05, 0.1) is 17.9 Å². The fourth-order valence-electron chi connectivity index (χ4n) is 4.92. The highest BCUT2D eigenvalue weighted by molar-refractivity contribution is 7.99. The van der Waals surface area contributed by atoms with Crippen LogP contribution in [0, 0.1) is 5.82 Å². The summed E-state index contributed by atoms with van der Waals surface area (Å²) < 4.78 is 16.3. The molecule has 0 saturated carbocycles. The molecule has 1 atom stereocenters. The number of nitrogens with two attached hydrogens (primary N) is 1. The molecule has 0 radical (unpaired) electrons. The van der Waals surface area contributed by atoms with E-state index in [0.29, 0.717) is 24.7 Å². The molecule has 1 aromatic heterocycles. The largest absolute Gasteiger partial charge is 0.377 e. The number of carbonyl (C=O) groups is 2. The predicted molar refractivity (Wildman–Crippen MR) is 153 cm³/mol. The number of halogens is 1. The van der Waals surface area contributed by atoms with Crippen molar-refractivity contribution in [3.8, 4) is 0 Å². The quantitative estimate of drug-likeness (QED) is 0.245. The Labute approximate surface area is 233 Å². The van der Waals surface area contributed by atoms with Crippen LogP contribution in [0.3, 0.4) is 0 Å².